The summed E-state index contributed by atoms with van der Waals surface area (Å²) >= 11 is 0. The number of nitrogens with zero attached hydrogens (tertiary/aromatic N) is 2. The number of aromatic nitrogens is 1. The van der Waals surface area contributed by atoms with Gasteiger partial charge in [0.05, 0.1) is 6.54 Å². The molecule has 0 amide bonds. The van der Waals surface area contributed by atoms with Gasteiger partial charge in [-0.15, -0.1) is 0 Å². The molecule has 0 bridgehead atoms. The molecule has 0 aliphatic heterocycles. The Bertz CT molecular complexity index is 309. The number of hydrogen-bond donors (Lipinski definition) is 3. The maximum atomic E-state index is 5.36. The molecule has 0 aliphatic rings. The van der Waals surface area contributed by atoms with E-state index < -0.39 is 0 Å². The van der Waals surface area contributed by atoms with Gasteiger partial charge in [-0.05, 0) is 18.1 Å². The van der Waals surface area contributed by atoms with Gasteiger partial charge >= 0.3 is 0 Å². The van der Waals surface area contributed by atoms with Crippen molar-refractivity contribution in [3.63, 3.8) is 0 Å². The molecule has 1 heterocycles. The van der Waals surface area contributed by atoms with Crippen LogP contribution in [0.5, 0.6) is 0 Å². The molecule has 0 spiro atoms. The molecule has 4 N–H and O–H groups in total. The smallest absolute Gasteiger partial charge is 0.206 e. The van der Waals surface area contributed by atoms with E-state index in [-0.39, 0.29) is 0 Å². The van der Waals surface area contributed by atoms with Crippen LogP contribution in [0.1, 0.15) is 25.3 Å². The van der Waals surface area contributed by atoms with Crippen molar-refractivity contribution in [2.24, 2.45) is 10.8 Å². The fraction of sp³-hybridized carbons (Fsp3) is 0.455. The van der Waals surface area contributed by atoms with Crippen molar-refractivity contribution >= 4 is 5.96 Å². The summed E-state index contributed by atoms with van der Waals surface area (Å²) in [6.45, 7) is 3.60. The highest BCUT2D eigenvalue weighted by molar-refractivity contribution is 5.79. The minimum atomic E-state index is 0.576. The van der Waals surface area contributed by atoms with Gasteiger partial charge in [0.1, 0.15) is 0 Å². The van der Waals surface area contributed by atoms with E-state index in [1.54, 1.807) is 12.4 Å². The van der Waals surface area contributed by atoms with Gasteiger partial charge in [-0.25, -0.2) is 10.8 Å². The second-order valence-corrected chi connectivity index (χ2v) is 3.45. The maximum Gasteiger partial charge on any atom is 0.206 e. The quantitative estimate of drug-likeness (QED) is 0.226. The molecule has 5 heteroatoms. The van der Waals surface area contributed by atoms with E-state index in [4.69, 9.17) is 5.84 Å². The van der Waals surface area contributed by atoms with Crippen molar-refractivity contribution in [1.82, 2.24) is 15.7 Å². The Morgan fingerprint density at radius 1 is 1.56 bits per heavy atom. The van der Waals surface area contributed by atoms with Gasteiger partial charge in [-0.2, -0.15) is 0 Å². The van der Waals surface area contributed by atoms with Crippen LogP contribution < -0.4 is 16.6 Å². The van der Waals surface area contributed by atoms with Crippen LogP contribution in [-0.4, -0.2) is 17.5 Å². The Labute approximate surface area is 96.1 Å². The predicted octanol–water partition coefficient (Wildman–Crippen LogP) is 0.791. The summed E-state index contributed by atoms with van der Waals surface area (Å²) in [5.41, 5.74) is 3.61. The molecule has 0 aromatic carbocycles. The Balaban J connectivity index is 2.40. The van der Waals surface area contributed by atoms with Crippen LogP contribution in [-0.2, 0) is 6.54 Å². The van der Waals surface area contributed by atoms with Crippen molar-refractivity contribution in [3.8, 4) is 0 Å². The first-order valence-electron chi connectivity index (χ1n) is 5.50. The third kappa shape index (κ3) is 4.75. The van der Waals surface area contributed by atoms with Crippen LogP contribution >= 0.6 is 0 Å². The van der Waals surface area contributed by atoms with E-state index in [2.05, 4.69) is 27.6 Å². The van der Waals surface area contributed by atoms with Crippen molar-refractivity contribution in [2.45, 2.75) is 26.3 Å². The van der Waals surface area contributed by atoms with Gasteiger partial charge in [0, 0.05) is 18.9 Å². The number of nitrogens with two attached hydrogens (primary N) is 1. The lowest BCUT2D eigenvalue weighted by molar-refractivity contribution is 0.731. The second-order valence-electron chi connectivity index (χ2n) is 3.45. The molecule has 0 unspecified atom stereocenters. The molecule has 0 atom stereocenters. The molecule has 0 saturated heterocycles. The van der Waals surface area contributed by atoms with Gasteiger partial charge in [0.15, 0.2) is 0 Å². The van der Waals surface area contributed by atoms with Crippen LogP contribution in [0, 0.1) is 0 Å². The minimum absolute atomic E-state index is 0.576. The molecule has 1 aromatic rings. The SMILES string of the molecule is CCCCNC(=NCc1cccnc1)NN. The average molecular weight is 221 g/mol. The zero-order chi connectivity index (χ0) is 11.6. The van der Waals surface area contributed by atoms with E-state index in [1.165, 1.54) is 0 Å². The third-order valence-corrected chi connectivity index (χ3v) is 2.10. The molecule has 1 rings (SSSR count). The highest BCUT2D eigenvalue weighted by atomic mass is 15.3. The first kappa shape index (κ1) is 12.4. The molecular formula is C11H19N5. The van der Waals surface area contributed by atoms with Crippen molar-refractivity contribution in [1.29, 1.82) is 0 Å². The number of aliphatic imine (C=N–C) groups is 1. The average Bonchev–Trinajstić information content (AvgIpc) is 2.35. The van der Waals surface area contributed by atoms with E-state index in [1.807, 2.05) is 12.1 Å². The van der Waals surface area contributed by atoms with Crippen molar-refractivity contribution < 1.29 is 0 Å². The summed E-state index contributed by atoms with van der Waals surface area (Å²) in [4.78, 5) is 8.34. The van der Waals surface area contributed by atoms with E-state index >= 15 is 0 Å². The van der Waals surface area contributed by atoms with Gasteiger partial charge in [0.25, 0.3) is 0 Å². The van der Waals surface area contributed by atoms with Gasteiger partial charge in [-0.1, -0.05) is 19.4 Å². The monoisotopic (exact) mass is 221 g/mol. The van der Waals surface area contributed by atoms with Crippen LogP contribution in [0.15, 0.2) is 29.5 Å². The normalized spacial score (nSPS) is 11.2. The van der Waals surface area contributed by atoms with Crippen LogP contribution in [0.4, 0.5) is 0 Å². The number of unbranched alkanes of at least 4 members (excludes halogenated alkanes) is 1. The number of hydrogen-bond acceptors (Lipinski definition) is 3. The standard InChI is InChI=1S/C11H19N5/c1-2-3-7-14-11(16-12)15-9-10-5-4-6-13-8-10/h4-6,8H,2-3,7,9,12H2,1H3,(H2,14,15,16). The topological polar surface area (TPSA) is 75.3 Å². The number of rotatable bonds is 5. The largest absolute Gasteiger partial charge is 0.355 e. The Morgan fingerprint density at radius 3 is 3.06 bits per heavy atom. The van der Waals surface area contributed by atoms with E-state index in [0.29, 0.717) is 12.5 Å². The van der Waals surface area contributed by atoms with Gasteiger partial charge < -0.3 is 5.32 Å². The van der Waals surface area contributed by atoms with Gasteiger partial charge in [0.2, 0.25) is 5.96 Å². The molecule has 0 aliphatic carbocycles. The summed E-state index contributed by atoms with van der Waals surface area (Å²) in [7, 11) is 0. The zero-order valence-corrected chi connectivity index (χ0v) is 9.61. The van der Waals surface area contributed by atoms with Gasteiger partial charge in [-0.3, -0.25) is 10.4 Å². The summed E-state index contributed by atoms with van der Waals surface area (Å²) in [6, 6.07) is 3.88. The Morgan fingerprint density at radius 2 is 2.44 bits per heavy atom. The fourth-order valence-electron chi connectivity index (χ4n) is 1.20. The second kappa shape index (κ2) is 7.64. The molecular weight excluding hydrogens is 202 g/mol. The van der Waals surface area contributed by atoms with Crippen LogP contribution in [0.3, 0.4) is 0 Å². The van der Waals surface area contributed by atoms with E-state index in [0.717, 1.165) is 24.9 Å². The van der Waals surface area contributed by atoms with Crippen LogP contribution in [0.2, 0.25) is 0 Å². The highest BCUT2D eigenvalue weighted by Gasteiger charge is 1.95. The fourth-order valence-corrected chi connectivity index (χ4v) is 1.20. The summed E-state index contributed by atoms with van der Waals surface area (Å²) in [6.07, 6.45) is 5.79. The van der Waals surface area contributed by atoms with Crippen LogP contribution in [0.25, 0.3) is 0 Å². The number of hydrazine groups is 1. The first-order valence-corrected chi connectivity index (χ1v) is 5.50. The summed E-state index contributed by atoms with van der Waals surface area (Å²) < 4.78 is 0. The molecule has 5 nitrogen and oxygen atoms in total. The third-order valence-electron chi connectivity index (χ3n) is 2.10. The molecule has 0 saturated carbocycles. The number of nitrogens with one attached hydrogen (secondary N) is 2. The summed E-state index contributed by atoms with van der Waals surface area (Å²) in [5, 5.41) is 3.13. The van der Waals surface area contributed by atoms with E-state index in [9.17, 15) is 0 Å². The summed E-state index contributed by atoms with van der Waals surface area (Å²) in [5.74, 6) is 5.98. The lowest BCUT2D eigenvalue weighted by Crippen LogP contribution is -2.41. The Kier molecular flexibility index (Phi) is 5.95. The number of guanidine groups is 1. The lowest BCUT2D eigenvalue weighted by atomic mass is 10.3. The highest BCUT2D eigenvalue weighted by Crippen LogP contribution is 1.97. The molecule has 16 heavy (non-hydrogen) atoms. The zero-order valence-electron chi connectivity index (χ0n) is 9.61. The molecule has 1 aromatic heterocycles. The predicted molar refractivity (Wildman–Crippen MR) is 65.6 cm³/mol. The van der Waals surface area contributed by atoms with Crippen molar-refractivity contribution in [2.75, 3.05) is 6.54 Å². The van der Waals surface area contributed by atoms with Crippen molar-refractivity contribution in [3.05, 3.63) is 30.1 Å². The maximum absolute atomic E-state index is 5.36. The molecule has 0 radical (unpaired) electrons. The Hall–Kier alpha value is -1.62. The lowest BCUT2D eigenvalue weighted by Gasteiger charge is -2.08. The molecule has 0 fully saturated rings. The first-order chi connectivity index (χ1) is 7.86. The minimum Gasteiger partial charge on any atom is -0.355 e. The molecule has 88 valence electrons. The number of pyridine rings is 1.